The normalized spacial score (nSPS) is 13.5. The van der Waals surface area contributed by atoms with Crippen LogP contribution in [0, 0.1) is 25.0 Å². The molecule has 0 fully saturated rings. The maximum atomic E-state index is 8.54. The molecule has 9 rings (SSSR count). The first kappa shape index (κ1) is 36.0. The summed E-state index contributed by atoms with van der Waals surface area (Å²) in [6, 6.07) is 41.9. The van der Waals surface area contributed by atoms with Gasteiger partial charge in [-0.15, -0.1) is 53.6 Å². The van der Waals surface area contributed by atoms with Gasteiger partial charge in [0.25, 0.3) is 0 Å². The van der Waals surface area contributed by atoms with Crippen LogP contribution in [0.5, 0.6) is 0 Å². The van der Waals surface area contributed by atoms with Crippen molar-refractivity contribution >= 4 is 46.0 Å². The second-order valence-corrected chi connectivity index (χ2v) is 20.9. The smallest absolute Gasteiger partial charge is 0.120 e. The molecule has 279 valence electrons. The zero-order valence-corrected chi connectivity index (χ0v) is 35.9. The van der Waals surface area contributed by atoms with Crippen molar-refractivity contribution in [1.82, 2.24) is 9.97 Å². The number of pyridine rings is 2. The molecule has 1 aliphatic carbocycles. The summed E-state index contributed by atoms with van der Waals surface area (Å²) in [6.07, 6.45) is 7.41. The molecule has 0 amide bonds. The molecule has 3 aromatic heterocycles. The van der Waals surface area contributed by atoms with E-state index in [-0.39, 0.29) is 26.0 Å². The molecule has 8 aromatic rings. The predicted octanol–water partition coefficient (Wildman–Crippen LogP) is 12.7. The standard InChI is InChI=1S/C32H26NO.C18H22NSi.Ir/c1-20(2)15-22-13-14-33-30(18-22)29-17-21(3)16-28-27-19-24(11-12-31(27)34-32(28)29)26-10-6-8-23-7-4-5-9-25(23)26;1-20(2,3)17-13-19-18(14-9-5-4-6-10-14)16-12-8-7-11-15(16)17;/h4-14,16,18-20H,15H2,1-3H3;4-6,9,13H,7-8,11-12H2,1-3H3;/q2*-1;/i15D2;;. The zero-order chi connectivity index (χ0) is 39.2. The Labute approximate surface area is 343 Å². The summed E-state index contributed by atoms with van der Waals surface area (Å²) < 4.78 is 23.5. The molecule has 1 radical (unpaired) electrons. The summed E-state index contributed by atoms with van der Waals surface area (Å²) in [4.78, 5) is 9.42. The Kier molecular flexibility index (Phi) is 10.6. The minimum Gasteiger partial charge on any atom is -0.501 e. The third-order valence-electron chi connectivity index (χ3n) is 10.4. The molecule has 0 N–H and O–H groups in total. The van der Waals surface area contributed by atoms with Crippen molar-refractivity contribution in [2.45, 2.75) is 72.5 Å². The van der Waals surface area contributed by atoms with Crippen molar-refractivity contribution in [2.24, 2.45) is 5.92 Å². The van der Waals surface area contributed by atoms with Crippen molar-refractivity contribution in [3.05, 3.63) is 150 Å². The molecule has 1 aliphatic rings. The minimum atomic E-state index is -1.46. The van der Waals surface area contributed by atoms with E-state index in [9.17, 15) is 0 Å². The molecular weight excluding hydrogens is 865 g/mol. The fraction of sp³-hybridized carbons (Fsp3) is 0.240. The molecule has 0 unspecified atom stereocenters. The average Bonchev–Trinajstić information content (AvgIpc) is 3.57. The zero-order valence-electron chi connectivity index (χ0n) is 34.5. The van der Waals surface area contributed by atoms with Gasteiger partial charge in [-0.3, -0.25) is 0 Å². The van der Waals surface area contributed by atoms with Gasteiger partial charge in [-0.25, -0.2) is 0 Å². The SMILES string of the molecule is C[Si](C)(C)c1cnc(-c2[c-]cccc2)c2c1CCCC2.[2H]C([2H])(c1ccnc(-c2[c-]c(C)cc3c2oc2ccc(-c4cccc5ccccc45)cc23)c1)C(C)C.[Ir]. The summed E-state index contributed by atoms with van der Waals surface area (Å²) in [7, 11) is -1.31. The Bertz CT molecular complexity index is 2710. The minimum absolute atomic E-state index is 0. The summed E-state index contributed by atoms with van der Waals surface area (Å²) in [5.74, 6) is -0.159. The molecule has 5 heteroatoms. The molecule has 0 atom stereocenters. The van der Waals surface area contributed by atoms with Crippen LogP contribution in [-0.2, 0) is 39.3 Å². The number of nitrogens with zero attached hydrogens (tertiary/aromatic N) is 2. The number of aromatic nitrogens is 2. The van der Waals surface area contributed by atoms with E-state index in [0.29, 0.717) is 11.3 Å². The summed E-state index contributed by atoms with van der Waals surface area (Å²) >= 11 is 0. The summed E-state index contributed by atoms with van der Waals surface area (Å²) in [5.41, 5.74) is 12.3. The number of aryl methyl sites for hydroxylation is 1. The van der Waals surface area contributed by atoms with Crippen molar-refractivity contribution in [3.63, 3.8) is 0 Å². The molecule has 0 saturated carbocycles. The van der Waals surface area contributed by atoms with Crippen LogP contribution in [0.2, 0.25) is 19.6 Å². The monoisotopic (exact) mass is 915 g/mol. The predicted molar refractivity (Wildman–Crippen MR) is 230 cm³/mol. The number of benzene rings is 5. The van der Waals surface area contributed by atoms with Gasteiger partial charge in [-0.1, -0.05) is 123 Å². The Morgan fingerprint density at radius 2 is 1.60 bits per heavy atom. The third kappa shape index (κ3) is 8.03. The fourth-order valence-corrected chi connectivity index (χ4v) is 9.57. The molecule has 55 heavy (non-hydrogen) atoms. The third-order valence-corrected chi connectivity index (χ3v) is 12.4. The Morgan fingerprint density at radius 1 is 0.818 bits per heavy atom. The van der Waals surface area contributed by atoms with E-state index in [1.165, 1.54) is 53.3 Å². The van der Waals surface area contributed by atoms with E-state index in [4.69, 9.17) is 12.1 Å². The summed E-state index contributed by atoms with van der Waals surface area (Å²) in [5, 5.41) is 6.05. The fourth-order valence-electron chi connectivity index (χ4n) is 7.94. The van der Waals surface area contributed by atoms with E-state index in [1.54, 1.807) is 23.0 Å². The number of hydrogen-bond donors (Lipinski definition) is 0. The average molecular weight is 915 g/mol. The van der Waals surface area contributed by atoms with Gasteiger partial charge in [0.05, 0.1) is 13.7 Å². The van der Waals surface area contributed by atoms with Crippen LogP contribution in [0.25, 0.3) is 66.4 Å². The van der Waals surface area contributed by atoms with E-state index >= 15 is 0 Å². The van der Waals surface area contributed by atoms with Gasteiger partial charge in [0.1, 0.15) is 5.58 Å². The molecule has 0 bridgehead atoms. The van der Waals surface area contributed by atoms with Crippen molar-refractivity contribution in [2.75, 3.05) is 0 Å². The van der Waals surface area contributed by atoms with E-state index in [1.807, 2.05) is 45.0 Å². The Morgan fingerprint density at radius 3 is 2.38 bits per heavy atom. The molecule has 0 spiro atoms. The number of furan rings is 1. The van der Waals surface area contributed by atoms with Gasteiger partial charge in [-0.2, -0.15) is 0 Å². The first-order valence-corrected chi connectivity index (χ1v) is 22.7. The van der Waals surface area contributed by atoms with Crippen LogP contribution < -0.4 is 5.19 Å². The maximum absolute atomic E-state index is 8.54. The van der Waals surface area contributed by atoms with Crippen LogP contribution in [0.3, 0.4) is 0 Å². The first-order chi connectivity index (χ1) is 26.9. The van der Waals surface area contributed by atoms with Crippen molar-refractivity contribution < 1.29 is 27.3 Å². The van der Waals surface area contributed by atoms with Gasteiger partial charge in [-0.05, 0) is 94.6 Å². The van der Waals surface area contributed by atoms with Gasteiger partial charge >= 0.3 is 0 Å². The number of hydrogen-bond acceptors (Lipinski definition) is 3. The van der Waals surface area contributed by atoms with E-state index in [2.05, 4.69) is 116 Å². The van der Waals surface area contributed by atoms with Crippen LogP contribution in [0.1, 0.15) is 51.7 Å². The second-order valence-electron chi connectivity index (χ2n) is 15.8. The molecule has 3 nitrogen and oxygen atoms in total. The largest absolute Gasteiger partial charge is 0.501 e. The van der Waals surface area contributed by atoms with E-state index < -0.39 is 14.4 Å². The van der Waals surface area contributed by atoms with Gasteiger partial charge < -0.3 is 14.4 Å². The van der Waals surface area contributed by atoms with Gasteiger partial charge in [0.15, 0.2) is 0 Å². The summed E-state index contributed by atoms with van der Waals surface area (Å²) in [6.45, 7) is 13.1. The van der Waals surface area contributed by atoms with Gasteiger partial charge in [0.2, 0.25) is 0 Å². The first-order valence-electron chi connectivity index (χ1n) is 20.2. The van der Waals surface area contributed by atoms with Crippen LogP contribution in [0.4, 0.5) is 0 Å². The Balaban J connectivity index is 0.000000201. The van der Waals surface area contributed by atoms with Crippen molar-refractivity contribution in [3.8, 4) is 33.6 Å². The maximum Gasteiger partial charge on any atom is 0.120 e. The van der Waals surface area contributed by atoms with Gasteiger partial charge in [0, 0.05) is 40.6 Å². The van der Waals surface area contributed by atoms with Crippen LogP contribution in [-0.4, -0.2) is 18.0 Å². The van der Waals surface area contributed by atoms with Crippen molar-refractivity contribution in [1.29, 1.82) is 0 Å². The Hall–Kier alpha value is -4.67. The molecule has 0 saturated heterocycles. The number of rotatable bonds is 6. The quantitative estimate of drug-likeness (QED) is 0.123. The van der Waals surface area contributed by atoms with Crippen LogP contribution >= 0.6 is 0 Å². The molecule has 0 aliphatic heterocycles. The van der Waals surface area contributed by atoms with E-state index in [0.717, 1.165) is 44.2 Å². The number of fused-ring (bicyclic) bond motifs is 5. The molecule has 5 aromatic carbocycles. The molecule has 3 heterocycles. The topological polar surface area (TPSA) is 38.9 Å². The molecular formula is C50H48IrN2OSi-2. The second kappa shape index (κ2) is 16.2. The van der Waals surface area contributed by atoms with Crippen LogP contribution in [0.15, 0.2) is 120 Å².